The Balaban J connectivity index is 2.35. The molecule has 0 radical (unpaired) electrons. The van der Waals surface area contributed by atoms with Crippen molar-refractivity contribution in [3.8, 4) is 0 Å². The van der Waals surface area contributed by atoms with Gasteiger partial charge in [-0.3, -0.25) is 0 Å². The van der Waals surface area contributed by atoms with Crippen molar-refractivity contribution in [2.75, 3.05) is 5.73 Å². The van der Waals surface area contributed by atoms with Crippen molar-refractivity contribution in [2.24, 2.45) is 0 Å². The molecule has 0 aliphatic rings. The van der Waals surface area contributed by atoms with Crippen molar-refractivity contribution in [1.29, 1.82) is 0 Å². The van der Waals surface area contributed by atoms with Crippen LogP contribution in [0.1, 0.15) is 23.5 Å². The number of nitrogens with zero attached hydrogens (tertiary/aromatic N) is 2. The summed E-state index contributed by atoms with van der Waals surface area (Å²) in [7, 11) is 0. The molecule has 0 amide bonds. The number of hydrogen-bond acceptors (Lipinski definition) is 3. The molecule has 0 fully saturated rings. The molecule has 2 aromatic heterocycles. The number of thiophene rings is 1. The third-order valence-corrected chi connectivity index (χ3v) is 4.12. The topological polar surface area (TPSA) is 43.8 Å². The van der Waals surface area contributed by atoms with Gasteiger partial charge in [-0.1, -0.05) is 0 Å². The Bertz CT molecular complexity index is 475. The van der Waals surface area contributed by atoms with E-state index in [4.69, 9.17) is 5.73 Å². The van der Waals surface area contributed by atoms with Gasteiger partial charge in [-0.25, -0.2) is 4.68 Å². The Morgan fingerprint density at radius 2 is 2.27 bits per heavy atom. The predicted molar refractivity (Wildman–Crippen MR) is 67.2 cm³/mol. The molecule has 0 spiro atoms. The van der Waals surface area contributed by atoms with Gasteiger partial charge in [0, 0.05) is 20.8 Å². The summed E-state index contributed by atoms with van der Waals surface area (Å²) in [4.78, 5) is 1.25. The maximum Gasteiger partial charge on any atom is 0.122 e. The molecule has 80 valence electrons. The van der Waals surface area contributed by atoms with E-state index < -0.39 is 0 Å². The Morgan fingerprint density at radius 1 is 1.53 bits per heavy atom. The van der Waals surface area contributed by atoms with Crippen molar-refractivity contribution < 1.29 is 0 Å². The van der Waals surface area contributed by atoms with Crippen LogP contribution in [0.2, 0.25) is 0 Å². The standard InChI is InChI=1S/C10H12BrN3S/c1-6-3-10(12)14(13-6)7(2)9-4-8(11)5-15-9/h3-5,7H,12H2,1-2H3. The summed E-state index contributed by atoms with van der Waals surface area (Å²) in [6.07, 6.45) is 0. The highest BCUT2D eigenvalue weighted by molar-refractivity contribution is 9.10. The number of halogens is 1. The van der Waals surface area contributed by atoms with E-state index in [0.29, 0.717) is 5.82 Å². The van der Waals surface area contributed by atoms with Gasteiger partial charge in [0.2, 0.25) is 0 Å². The highest BCUT2D eigenvalue weighted by atomic mass is 79.9. The van der Waals surface area contributed by atoms with Crippen LogP contribution < -0.4 is 5.73 Å². The molecule has 1 atom stereocenters. The van der Waals surface area contributed by atoms with Gasteiger partial charge >= 0.3 is 0 Å². The molecule has 2 heterocycles. The molecule has 0 aliphatic heterocycles. The van der Waals surface area contributed by atoms with Crippen LogP contribution in [0.5, 0.6) is 0 Å². The maximum atomic E-state index is 5.88. The van der Waals surface area contributed by atoms with E-state index in [2.05, 4.69) is 39.4 Å². The largest absolute Gasteiger partial charge is 0.384 e. The van der Waals surface area contributed by atoms with E-state index in [1.807, 2.05) is 17.7 Å². The van der Waals surface area contributed by atoms with Crippen LogP contribution in [0.15, 0.2) is 22.0 Å². The van der Waals surface area contributed by atoms with Gasteiger partial charge in [-0.15, -0.1) is 11.3 Å². The molecule has 2 N–H and O–H groups in total. The molecule has 2 rings (SSSR count). The lowest BCUT2D eigenvalue weighted by Crippen LogP contribution is -2.10. The summed E-state index contributed by atoms with van der Waals surface area (Å²) in [5.41, 5.74) is 6.83. The Labute approximate surface area is 101 Å². The lowest BCUT2D eigenvalue weighted by Gasteiger charge is -2.11. The van der Waals surface area contributed by atoms with Gasteiger partial charge in [0.1, 0.15) is 5.82 Å². The molecule has 0 aromatic carbocycles. The van der Waals surface area contributed by atoms with E-state index >= 15 is 0 Å². The molecular weight excluding hydrogens is 274 g/mol. The van der Waals surface area contributed by atoms with Crippen LogP contribution in [0.25, 0.3) is 0 Å². The summed E-state index contributed by atoms with van der Waals surface area (Å²) >= 11 is 5.15. The number of anilines is 1. The van der Waals surface area contributed by atoms with Crippen LogP contribution in [0, 0.1) is 6.92 Å². The zero-order valence-corrected chi connectivity index (χ0v) is 11.0. The number of aryl methyl sites for hydroxylation is 1. The average molecular weight is 286 g/mol. The number of aromatic nitrogens is 2. The Hall–Kier alpha value is -0.810. The SMILES string of the molecule is Cc1cc(N)n(C(C)c2cc(Br)cs2)n1. The highest BCUT2D eigenvalue weighted by Gasteiger charge is 2.13. The monoisotopic (exact) mass is 285 g/mol. The quantitative estimate of drug-likeness (QED) is 0.921. The molecule has 0 bridgehead atoms. The lowest BCUT2D eigenvalue weighted by atomic mass is 10.3. The minimum Gasteiger partial charge on any atom is -0.384 e. The fourth-order valence-electron chi connectivity index (χ4n) is 1.51. The van der Waals surface area contributed by atoms with E-state index in [1.54, 1.807) is 11.3 Å². The highest BCUT2D eigenvalue weighted by Crippen LogP contribution is 2.29. The van der Waals surface area contributed by atoms with E-state index in [-0.39, 0.29) is 6.04 Å². The third kappa shape index (κ3) is 2.08. The number of nitrogens with two attached hydrogens (primary N) is 1. The summed E-state index contributed by atoms with van der Waals surface area (Å²) in [5, 5.41) is 6.45. The molecule has 0 saturated carbocycles. The number of hydrogen-bond donors (Lipinski definition) is 1. The zero-order valence-electron chi connectivity index (χ0n) is 8.57. The van der Waals surface area contributed by atoms with E-state index in [1.165, 1.54) is 4.88 Å². The van der Waals surface area contributed by atoms with Gasteiger partial charge in [-0.05, 0) is 35.8 Å². The van der Waals surface area contributed by atoms with Gasteiger partial charge in [0.05, 0.1) is 11.7 Å². The first-order chi connectivity index (χ1) is 7.08. The van der Waals surface area contributed by atoms with Crippen molar-refractivity contribution >= 4 is 33.1 Å². The minimum absolute atomic E-state index is 0.190. The van der Waals surface area contributed by atoms with Crippen LogP contribution >= 0.6 is 27.3 Å². The van der Waals surface area contributed by atoms with Gasteiger partial charge in [0.15, 0.2) is 0 Å². The molecule has 15 heavy (non-hydrogen) atoms. The zero-order chi connectivity index (χ0) is 11.0. The summed E-state index contributed by atoms with van der Waals surface area (Å²) in [6, 6.07) is 4.18. The molecule has 0 aliphatic carbocycles. The summed E-state index contributed by atoms with van der Waals surface area (Å²) in [6.45, 7) is 4.05. The Morgan fingerprint density at radius 3 is 2.73 bits per heavy atom. The number of rotatable bonds is 2. The predicted octanol–water partition coefficient (Wildman–Crippen LogP) is 3.21. The van der Waals surface area contributed by atoms with Crippen LogP contribution in [0.4, 0.5) is 5.82 Å². The smallest absolute Gasteiger partial charge is 0.122 e. The van der Waals surface area contributed by atoms with Gasteiger partial charge in [-0.2, -0.15) is 5.10 Å². The van der Waals surface area contributed by atoms with Crippen molar-refractivity contribution in [2.45, 2.75) is 19.9 Å². The molecular formula is C10H12BrN3S. The summed E-state index contributed by atoms with van der Waals surface area (Å²) < 4.78 is 2.96. The van der Waals surface area contributed by atoms with Crippen LogP contribution in [0.3, 0.4) is 0 Å². The van der Waals surface area contributed by atoms with Gasteiger partial charge in [0.25, 0.3) is 0 Å². The van der Waals surface area contributed by atoms with Crippen LogP contribution in [-0.2, 0) is 0 Å². The number of nitrogen functional groups attached to an aromatic ring is 1. The van der Waals surface area contributed by atoms with Crippen molar-refractivity contribution in [3.63, 3.8) is 0 Å². The minimum atomic E-state index is 0.190. The first kappa shape index (κ1) is 10.7. The average Bonchev–Trinajstić information content (AvgIpc) is 2.71. The molecule has 3 nitrogen and oxygen atoms in total. The third-order valence-electron chi connectivity index (χ3n) is 2.25. The second-order valence-electron chi connectivity index (χ2n) is 3.50. The second-order valence-corrected chi connectivity index (χ2v) is 5.36. The molecule has 0 saturated heterocycles. The first-order valence-corrected chi connectivity index (χ1v) is 6.30. The Kier molecular flexibility index (Phi) is 2.84. The molecule has 1 unspecified atom stereocenters. The first-order valence-electron chi connectivity index (χ1n) is 4.63. The van der Waals surface area contributed by atoms with Crippen molar-refractivity contribution in [3.05, 3.63) is 32.6 Å². The van der Waals surface area contributed by atoms with E-state index in [0.717, 1.165) is 10.2 Å². The fourth-order valence-corrected chi connectivity index (χ4v) is 3.00. The molecule has 2 aromatic rings. The van der Waals surface area contributed by atoms with Gasteiger partial charge < -0.3 is 5.73 Å². The maximum absolute atomic E-state index is 5.88. The van der Waals surface area contributed by atoms with Crippen LogP contribution in [-0.4, -0.2) is 9.78 Å². The summed E-state index contributed by atoms with van der Waals surface area (Å²) in [5.74, 6) is 0.713. The normalized spacial score (nSPS) is 13.0. The van der Waals surface area contributed by atoms with E-state index in [9.17, 15) is 0 Å². The lowest BCUT2D eigenvalue weighted by molar-refractivity contribution is 0.577. The fraction of sp³-hybridized carbons (Fsp3) is 0.300. The molecule has 5 heteroatoms. The second kappa shape index (κ2) is 3.98. The van der Waals surface area contributed by atoms with Crippen molar-refractivity contribution in [1.82, 2.24) is 9.78 Å².